The van der Waals surface area contributed by atoms with Gasteiger partial charge in [0, 0.05) is 18.2 Å². The van der Waals surface area contributed by atoms with E-state index in [2.05, 4.69) is 15.5 Å². The molecule has 0 spiro atoms. The molecule has 1 aromatic rings. The van der Waals surface area contributed by atoms with Crippen LogP contribution in [0.1, 0.15) is 36.7 Å². The number of aromatic nitrogens is 2. The van der Waals surface area contributed by atoms with Crippen LogP contribution >= 0.6 is 11.8 Å². The van der Waals surface area contributed by atoms with Crippen LogP contribution in [0, 0.1) is 0 Å². The van der Waals surface area contributed by atoms with Crippen molar-refractivity contribution < 1.29 is 9.26 Å². The maximum absolute atomic E-state index is 5.50. The zero-order valence-corrected chi connectivity index (χ0v) is 9.13. The fourth-order valence-corrected chi connectivity index (χ4v) is 2.79. The third-order valence-corrected chi connectivity index (χ3v) is 3.63. The number of hydrogen-bond acceptors (Lipinski definition) is 6. The highest BCUT2D eigenvalue weighted by Gasteiger charge is 2.27. The van der Waals surface area contributed by atoms with Crippen molar-refractivity contribution in [2.45, 2.75) is 25.0 Å². The first-order valence-corrected chi connectivity index (χ1v) is 6.35. The fourth-order valence-electron chi connectivity index (χ4n) is 1.85. The van der Waals surface area contributed by atoms with Gasteiger partial charge in [-0.3, -0.25) is 5.32 Å². The van der Waals surface area contributed by atoms with Crippen molar-refractivity contribution in [2.24, 2.45) is 0 Å². The van der Waals surface area contributed by atoms with Crippen LogP contribution in [0.2, 0.25) is 0 Å². The predicted octanol–water partition coefficient (Wildman–Crippen LogP) is 1.26. The van der Waals surface area contributed by atoms with Crippen molar-refractivity contribution in [1.82, 2.24) is 15.5 Å². The van der Waals surface area contributed by atoms with Crippen molar-refractivity contribution in [1.29, 1.82) is 0 Å². The Balaban J connectivity index is 1.74. The van der Waals surface area contributed by atoms with Crippen molar-refractivity contribution in [2.75, 3.05) is 18.2 Å². The van der Waals surface area contributed by atoms with Crippen LogP contribution in [-0.2, 0) is 4.74 Å². The second-order valence-corrected chi connectivity index (χ2v) is 4.79. The molecule has 2 saturated heterocycles. The highest BCUT2D eigenvalue weighted by molar-refractivity contribution is 7.99. The Bertz CT molecular complexity index is 301. The number of nitrogens with one attached hydrogen (secondary N) is 1. The molecule has 2 aliphatic rings. The van der Waals surface area contributed by atoms with Gasteiger partial charge in [0.05, 0.1) is 6.04 Å². The van der Waals surface area contributed by atoms with Gasteiger partial charge in [0.25, 0.3) is 0 Å². The molecule has 2 unspecified atom stereocenters. The summed E-state index contributed by atoms with van der Waals surface area (Å²) < 4.78 is 10.7. The molecule has 0 bridgehead atoms. The average Bonchev–Trinajstić information content (AvgIpc) is 3.02. The van der Waals surface area contributed by atoms with E-state index in [0.29, 0.717) is 11.7 Å². The molecule has 3 rings (SSSR count). The van der Waals surface area contributed by atoms with Crippen molar-refractivity contribution in [3.8, 4) is 0 Å². The molecule has 0 amide bonds. The van der Waals surface area contributed by atoms with E-state index in [0.717, 1.165) is 31.1 Å². The highest BCUT2D eigenvalue weighted by Crippen LogP contribution is 2.28. The fraction of sp³-hybridized carbons (Fsp3) is 0.778. The van der Waals surface area contributed by atoms with Crippen LogP contribution < -0.4 is 5.32 Å². The maximum atomic E-state index is 5.50. The van der Waals surface area contributed by atoms with Gasteiger partial charge >= 0.3 is 0 Å². The number of ether oxygens (including phenoxy) is 1. The standard InChI is InChI=1S/C9H13N3O2S/c1-2-7(13-3-1)8-11-9(14-12-8)6-4-15-5-10-6/h6-7,10H,1-5H2. The maximum Gasteiger partial charge on any atom is 0.244 e. The van der Waals surface area contributed by atoms with E-state index < -0.39 is 0 Å². The molecule has 2 aliphatic heterocycles. The molecule has 6 heteroatoms. The lowest BCUT2D eigenvalue weighted by molar-refractivity contribution is 0.103. The number of thioether (sulfide) groups is 1. The molecule has 82 valence electrons. The number of hydrogen-bond donors (Lipinski definition) is 1. The van der Waals surface area contributed by atoms with Gasteiger partial charge in [-0.15, -0.1) is 11.8 Å². The molecule has 2 fully saturated rings. The average molecular weight is 227 g/mol. The van der Waals surface area contributed by atoms with Crippen molar-refractivity contribution >= 4 is 11.8 Å². The Morgan fingerprint density at radius 3 is 3.20 bits per heavy atom. The first-order valence-electron chi connectivity index (χ1n) is 5.20. The first-order chi connectivity index (χ1) is 7.43. The lowest BCUT2D eigenvalue weighted by Gasteiger charge is -2.02. The molecule has 15 heavy (non-hydrogen) atoms. The Morgan fingerprint density at radius 2 is 2.47 bits per heavy atom. The van der Waals surface area contributed by atoms with Crippen molar-refractivity contribution in [3.05, 3.63) is 11.7 Å². The second kappa shape index (κ2) is 4.11. The van der Waals surface area contributed by atoms with Gasteiger partial charge in [-0.2, -0.15) is 4.98 Å². The molecule has 3 heterocycles. The summed E-state index contributed by atoms with van der Waals surface area (Å²) in [5.41, 5.74) is 0. The minimum atomic E-state index is 0.0524. The third-order valence-electron chi connectivity index (χ3n) is 2.69. The molecular weight excluding hydrogens is 214 g/mol. The first kappa shape index (κ1) is 9.62. The van der Waals surface area contributed by atoms with E-state index >= 15 is 0 Å². The molecule has 0 radical (unpaired) electrons. The third kappa shape index (κ3) is 1.89. The minimum Gasteiger partial charge on any atom is -0.370 e. The summed E-state index contributed by atoms with van der Waals surface area (Å²) in [5.74, 6) is 3.38. The number of nitrogens with zero attached hydrogens (tertiary/aromatic N) is 2. The summed E-state index contributed by atoms with van der Waals surface area (Å²) in [6, 6.07) is 0.220. The normalized spacial score (nSPS) is 31.2. The zero-order valence-electron chi connectivity index (χ0n) is 8.31. The Morgan fingerprint density at radius 1 is 1.47 bits per heavy atom. The summed E-state index contributed by atoms with van der Waals surface area (Å²) in [4.78, 5) is 4.40. The van der Waals surface area contributed by atoms with Gasteiger partial charge < -0.3 is 9.26 Å². The molecule has 1 N–H and O–H groups in total. The van der Waals surface area contributed by atoms with Crippen LogP contribution in [0.3, 0.4) is 0 Å². The Hall–Kier alpha value is -0.590. The summed E-state index contributed by atoms with van der Waals surface area (Å²) in [6.45, 7) is 0.812. The van der Waals surface area contributed by atoms with Crippen LogP contribution in [0.25, 0.3) is 0 Å². The minimum absolute atomic E-state index is 0.0524. The van der Waals surface area contributed by atoms with E-state index in [4.69, 9.17) is 9.26 Å². The van der Waals surface area contributed by atoms with Gasteiger partial charge in [-0.05, 0) is 12.8 Å². The molecule has 5 nitrogen and oxygen atoms in total. The molecule has 2 atom stereocenters. The monoisotopic (exact) mass is 227 g/mol. The Kier molecular flexibility index (Phi) is 2.64. The van der Waals surface area contributed by atoms with Gasteiger partial charge in [-0.25, -0.2) is 0 Å². The summed E-state index contributed by atoms with van der Waals surface area (Å²) >= 11 is 1.85. The van der Waals surface area contributed by atoms with Gasteiger partial charge in [0.15, 0.2) is 0 Å². The zero-order chi connectivity index (χ0) is 10.1. The molecular formula is C9H13N3O2S. The van der Waals surface area contributed by atoms with Crippen LogP contribution in [0.5, 0.6) is 0 Å². The van der Waals surface area contributed by atoms with E-state index in [-0.39, 0.29) is 12.1 Å². The van der Waals surface area contributed by atoms with E-state index in [1.54, 1.807) is 0 Å². The highest BCUT2D eigenvalue weighted by atomic mass is 32.2. The quantitative estimate of drug-likeness (QED) is 0.820. The van der Waals surface area contributed by atoms with Gasteiger partial charge in [-0.1, -0.05) is 5.16 Å². The predicted molar refractivity (Wildman–Crippen MR) is 55.4 cm³/mol. The lowest BCUT2D eigenvalue weighted by Crippen LogP contribution is -2.15. The molecule has 0 saturated carbocycles. The van der Waals surface area contributed by atoms with Crippen LogP contribution in [-0.4, -0.2) is 28.4 Å². The number of rotatable bonds is 2. The van der Waals surface area contributed by atoms with E-state index in [1.807, 2.05) is 11.8 Å². The molecule has 0 aromatic carbocycles. The van der Waals surface area contributed by atoms with E-state index in [9.17, 15) is 0 Å². The van der Waals surface area contributed by atoms with Crippen molar-refractivity contribution in [3.63, 3.8) is 0 Å². The SMILES string of the molecule is C1COC(c2noc(C3CSCN3)n2)C1. The Labute approximate surface area is 91.9 Å². The largest absolute Gasteiger partial charge is 0.370 e. The molecule has 1 aromatic heterocycles. The lowest BCUT2D eigenvalue weighted by atomic mass is 10.2. The smallest absolute Gasteiger partial charge is 0.244 e. The summed E-state index contributed by atoms with van der Waals surface area (Å²) in [6.07, 6.45) is 2.15. The summed E-state index contributed by atoms with van der Waals surface area (Å²) in [7, 11) is 0. The van der Waals surface area contributed by atoms with Gasteiger partial charge in [0.1, 0.15) is 6.10 Å². The molecule has 0 aliphatic carbocycles. The van der Waals surface area contributed by atoms with E-state index in [1.165, 1.54) is 0 Å². The topological polar surface area (TPSA) is 60.2 Å². The van der Waals surface area contributed by atoms with Gasteiger partial charge in [0.2, 0.25) is 11.7 Å². The van der Waals surface area contributed by atoms with Crippen LogP contribution in [0.15, 0.2) is 4.52 Å². The second-order valence-electron chi connectivity index (χ2n) is 3.76. The van der Waals surface area contributed by atoms with Crippen LogP contribution in [0.4, 0.5) is 0 Å². The summed E-state index contributed by atoms with van der Waals surface area (Å²) in [5, 5.41) is 7.29.